The highest BCUT2D eigenvalue weighted by atomic mass is 32.1. The summed E-state index contributed by atoms with van der Waals surface area (Å²) in [5.74, 6) is -0.658. The molecule has 0 spiro atoms. The molecule has 0 radical (unpaired) electrons. The van der Waals surface area contributed by atoms with E-state index < -0.39 is 23.8 Å². The lowest BCUT2D eigenvalue weighted by molar-refractivity contribution is -0.140. The van der Waals surface area contributed by atoms with Crippen LogP contribution in [0, 0.1) is 6.92 Å². The SMILES string of the molecule is CCCCCCCN(C(=O)C(CS)NC(=O)OC(C)(C)C)C(C(=O)Nc1ccc2ccccc2c1)c1ccc(C)cc1. The topological polar surface area (TPSA) is 87.7 Å². The van der Waals surface area contributed by atoms with Gasteiger partial charge in [-0.05, 0) is 62.6 Å². The van der Waals surface area contributed by atoms with Crippen molar-refractivity contribution in [2.24, 2.45) is 0 Å². The molecule has 0 heterocycles. The monoisotopic (exact) mass is 591 g/mol. The maximum atomic E-state index is 14.1. The van der Waals surface area contributed by atoms with Gasteiger partial charge in [-0.1, -0.05) is 92.8 Å². The summed E-state index contributed by atoms with van der Waals surface area (Å²) in [4.78, 5) is 42.5. The molecule has 3 aromatic carbocycles. The lowest BCUT2D eigenvalue weighted by Crippen LogP contribution is -2.53. The molecule has 3 aromatic rings. The zero-order chi connectivity index (χ0) is 30.7. The minimum atomic E-state index is -0.972. The number of unbranched alkanes of at least 4 members (excludes halogenated alkanes) is 4. The van der Waals surface area contributed by atoms with Crippen LogP contribution in [-0.4, -0.2) is 46.7 Å². The number of aryl methyl sites for hydroxylation is 1. The molecule has 8 heteroatoms. The number of nitrogens with one attached hydrogen (secondary N) is 2. The summed E-state index contributed by atoms with van der Waals surface area (Å²) in [6, 6.07) is 19.4. The van der Waals surface area contributed by atoms with Crippen molar-refractivity contribution in [1.82, 2.24) is 10.2 Å². The number of thiol groups is 1. The van der Waals surface area contributed by atoms with Crippen LogP contribution in [0.15, 0.2) is 66.7 Å². The first-order chi connectivity index (χ1) is 20.0. The molecule has 0 aliphatic rings. The van der Waals surface area contributed by atoms with E-state index in [1.807, 2.05) is 73.7 Å². The van der Waals surface area contributed by atoms with Gasteiger partial charge in [0.2, 0.25) is 5.91 Å². The van der Waals surface area contributed by atoms with E-state index in [4.69, 9.17) is 4.74 Å². The van der Waals surface area contributed by atoms with Crippen LogP contribution in [0.1, 0.15) is 77.0 Å². The quantitative estimate of drug-likeness (QED) is 0.142. The van der Waals surface area contributed by atoms with Gasteiger partial charge >= 0.3 is 6.09 Å². The molecule has 2 unspecified atom stereocenters. The zero-order valence-corrected chi connectivity index (χ0v) is 26.4. The van der Waals surface area contributed by atoms with Crippen molar-refractivity contribution in [2.75, 3.05) is 17.6 Å². The smallest absolute Gasteiger partial charge is 0.408 e. The molecular formula is C34H45N3O4S. The number of hydrogen-bond acceptors (Lipinski definition) is 5. The van der Waals surface area contributed by atoms with Gasteiger partial charge in [-0.15, -0.1) is 0 Å². The molecule has 0 saturated heterocycles. The first-order valence-corrected chi connectivity index (χ1v) is 15.4. The number of carbonyl (C=O) groups is 3. The molecule has 0 aliphatic heterocycles. The molecule has 226 valence electrons. The fourth-order valence-electron chi connectivity index (χ4n) is 4.79. The molecule has 0 bridgehead atoms. The largest absolute Gasteiger partial charge is 0.444 e. The summed E-state index contributed by atoms with van der Waals surface area (Å²) in [5.41, 5.74) is 1.65. The van der Waals surface area contributed by atoms with Crippen molar-refractivity contribution in [1.29, 1.82) is 0 Å². The van der Waals surface area contributed by atoms with E-state index >= 15 is 0 Å². The van der Waals surface area contributed by atoms with E-state index in [2.05, 4.69) is 30.2 Å². The molecule has 0 aliphatic carbocycles. The van der Waals surface area contributed by atoms with E-state index in [1.54, 1.807) is 25.7 Å². The Morgan fingerprint density at radius 1 is 0.905 bits per heavy atom. The number of fused-ring (bicyclic) bond motifs is 1. The maximum absolute atomic E-state index is 14.1. The second-order valence-electron chi connectivity index (χ2n) is 11.7. The van der Waals surface area contributed by atoms with Crippen molar-refractivity contribution >= 4 is 47.0 Å². The molecule has 0 saturated carbocycles. The second kappa shape index (κ2) is 15.6. The Hall–Kier alpha value is -3.52. The third kappa shape index (κ3) is 9.79. The molecule has 42 heavy (non-hydrogen) atoms. The molecule has 2 atom stereocenters. The van der Waals surface area contributed by atoms with Crippen LogP contribution in [-0.2, 0) is 14.3 Å². The van der Waals surface area contributed by atoms with Crippen molar-refractivity contribution in [2.45, 2.75) is 84.4 Å². The van der Waals surface area contributed by atoms with E-state index in [1.165, 1.54) is 0 Å². The Kier molecular flexibility index (Phi) is 12.3. The van der Waals surface area contributed by atoms with Gasteiger partial charge in [0.05, 0.1) is 0 Å². The standard InChI is InChI=1S/C34H45N3O4S/c1-6-7-8-9-12-21-37(32(39)29(23-42)36-33(40)41-34(3,4)5)30(26-17-15-24(2)16-18-26)31(38)35-28-20-19-25-13-10-11-14-27(25)22-28/h10-11,13-20,22,29-30,42H,6-9,12,21,23H2,1-5H3,(H,35,38)(H,36,40). The van der Waals surface area contributed by atoms with Gasteiger partial charge < -0.3 is 20.3 Å². The fourth-order valence-corrected chi connectivity index (χ4v) is 5.03. The Labute approximate surface area is 255 Å². The van der Waals surface area contributed by atoms with E-state index in [-0.39, 0.29) is 17.6 Å². The number of alkyl carbamates (subject to hydrolysis) is 1. The van der Waals surface area contributed by atoms with Gasteiger partial charge in [0.1, 0.15) is 17.7 Å². The van der Waals surface area contributed by atoms with E-state index in [0.29, 0.717) is 17.8 Å². The number of amides is 3. The van der Waals surface area contributed by atoms with Gasteiger partial charge in [0, 0.05) is 18.0 Å². The number of nitrogens with zero attached hydrogens (tertiary/aromatic N) is 1. The van der Waals surface area contributed by atoms with Crippen molar-refractivity contribution < 1.29 is 19.1 Å². The molecule has 3 rings (SSSR count). The Morgan fingerprint density at radius 3 is 2.21 bits per heavy atom. The zero-order valence-electron chi connectivity index (χ0n) is 25.5. The highest BCUT2D eigenvalue weighted by Crippen LogP contribution is 2.27. The molecule has 7 nitrogen and oxygen atoms in total. The lowest BCUT2D eigenvalue weighted by Gasteiger charge is -2.34. The Bertz CT molecular complexity index is 1340. The summed E-state index contributed by atoms with van der Waals surface area (Å²) in [6.07, 6.45) is 4.20. The third-order valence-electron chi connectivity index (χ3n) is 6.93. The Morgan fingerprint density at radius 2 is 1.57 bits per heavy atom. The van der Waals surface area contributed by atoms with Gasteiger partial charge in [-0.2, -0.15) is 12.6 Å². The van der Waals surface area contributed by atoms with Crippen molar-refractivity contribution in [3.05, 3.63) is 77.9 Å². The minimum absolute atomic E-state index is 0.0529. The predicted molar refractivity (Wildman–Crippen MR) is 174 cm³/mol. The maximum Gasteiger partial charge on any atom is 0.408 e. The van der Waals surface area contributed by atoms with Gasteiger partial charge in [0.15, 0.2) is 0 Å². The highest BCUT2D eigenvalue weighted by Gasteiger charge is 2.35. The highest BCUT2D eigenvalue weighted by molar-refractivity contribution is 7.80. The van der Waals surface area contributed by atoms with Crippen LogP contribution in [0.5, 0.6) is 0 Å². The number of benzene rings is 3. The molecule has 2 N–H and O–H groups in total. The van der Waals surface area contributed by atoms with Crippen LogP contribution in [0.4, 0.5) is 10.5 Å². The first-order valence-electron chi connectivity index (χ1n) is 14.8. The third-order valence-corrected chi connectivity index (χ3v) is 7.29. The molecular weight excluding hydrogens is 546 g/mol. The van der Waals surface area contributed by atoms with Crippen molar-refractivity contribution in [3.8, 4) is 0 Å². The van der Waals surface area contributed by atoms with Gasteiger partial charge in [-0.3, -0.25) is 9.59 Å². The summed E-state index contributed by atoms with van der Waals surface area (Å²) >= 11 is 4.39. The predicted octanol–water partition coefficient (Wildman–Crippen LogP) is 7.45. The van der Waals surface area contributed by atoms with Crippen LogP contribution >= 0.6 is 12.6 Å². The fraction of sp³-hybridized carbons (Fsp3) is 0.441. The summed E-state index contributed by atoms with van der Waals surface area (Å²) in [7, 11) is 0. The normalized spacial score (nSPS) is 12.8. The van der Waals surface area contributed by atoms with Crippen molar-refractivity contribution in [3.63, 3.8) is 0 Å². The minimum Gasteiger partial charge on any atom is -0.444 e. The van der Waals surface area contributed by atoms with Crippen LogP contribution in [0.2, 0.25) is 0 Å². The number of rotatable bonds is 13. The molecule has 0 aromatic heterocycles. The van der Waals surface area contributed by atoms with Gasteiger partial charge in [-0.25, -0.2) is 4.79 Å². The number of anilines is 1. The average molecular weight is 592 g/mol. The Balaban J connectivity index is 1.97. The van der Waals surface area contributed by atoms with Crippen LogP contribution in [0.3, 0.4) is 0 Å². The number of carbonyl (C=O) groups excluding carboxylic acids is 3. The van der Waals surface area contributed by atoms with Crippen LogP contribution in [0.25, 0.3) is 10.8 Å². The first kappa shape index (κ1) is 33.0. The number of ether oxygens (including phenoxy) is 1. The van der Waals surface area contributed by atoms with E-state index in [0.717, 1.165) is 48.4 Å². The molecule has 3 amide bonds. The van der Waals surface area contributed by atoms with Crippen LogP contribution < -0.4 is 10.6 Å². The molecule has 0 fully saturated rings. The summed E-state index contributed by atoms with van der Waals surface area (Å²) in [6.45, 7) is 9.77. The summed E-state index contributed by atoms with van der Waals surface area (Å²) in [5, 5.41) is 7.81. The second-order valence-corrected chi connectivity index (χ2v) is 12.1. The summed E-state index contributed by atoms with van der Waals surface area (Å²) < 4.78 is 5.41. The van der Waals surface area contributed by atoms with Gasteiger partial charge in [0.25, 0.3) is 5.91 Å². The number of hydrogen-bond donors (Lipinski definition) is 3. The van der Waals surface area contributed by atoms with E-state index in [9.17, 15) is 14.4 Å². The lowest BCUT2D eigenvalue weighted by atomic mass is 10.0. The average Bonchev–Trinajstić information content (AvgIpc) is 2.94.